The minimum absolute atomic E-state index is 0.383. The van der Waals surface area contributed by atoms with E-state index in [1.54, 1.807) is 25.4 Å². The zero-order chi connectivity index (χ0) is 25.4. The second kappa shape index (κ2) is 9.20. The van der Waals surface area contributed by atoms with Crippen LogP contribution >= 0.6 is 0 Å². The Hall–Kier alpha value is -3.04. The van der Waals surface area contributed by atoms with Crippen LogP contribution in [-0.4, -0.2) is 45.2 Å². The van der Waals surface area contributed by atoms with Gasteiger partial charge < -0.3 is 15.1 Å². The maximum atomic E-state index is 12.4. The highest BCUT2D eigenvalue weighted by molar-refractivity contribution is 5.45. The molecule has 0 spiro atoms. The molecule has 35 heavy (non-hydrogen) atoms. The van der Waals surface area contributed by atoms with Crippen molar-refractivity contribution in [1.82, 2.24) is 14.9 Å². The maximum absolute atomic E-state index is 12.4. The van der Waals surface area contributed by atoms with Crippen molar-refractivity contribution in [3.8, 4) is 11.8 Å². The van der Waals surface area contributed by atoms with Crippen LogP contribution in [0.2, 0.25) is 0 Å². The van der Waals surface area contributed by atoms with Crippen molar-refractivity contribution < 1.29 is 10.2 Å². The summed E-state index contributed by atoms with van der Waals surface area (Å²) in [5, 5.41) is 23.3. The topological polar surface area (TPSA) is 69.5 Å². The van der Waals surface area contributed by atoms with Gasteiger partial charge in [-0.25, -0.2) is 0 Å². The molecule has 0 saturated carbocycles. The van der Waals surface area contributed by atoms with Crippen LogP contribution in [0.4, 0.5) is 0 Å². The second-order valence-electron chi connectivity index (χ2n) is 10.7. The molecule has 5 heteroatoms. The van der Waals surface area contributed by atoms with Crippen LogP contribution in [0.25, 0.3) is 0 Å². The number of aromatic nitrogens is 2. The SMILES string of the molecule is Cc1cccc(C(C)(O)C#Cc2cncc([C@@](O)(c3ccc(C(C)C)cc3)C3(C)CN(C)C3)c2)n1. The van der Waals surface area contributed by atoms with Crippen LogP contribution in [0, 0.1) is 24.2 Å². The van der Waals surface area contributed by atoms with Crippen molar-refractivity contribution >= 4 is 0 Å². The smallest absolute Gasteiger partial charge is 0.165 e. The molecular weight excluding hydrogens is 434 g/mol. The van der Waals surface area contributed by atoms with Gasteiger partial charge in [-0.05, 0) is 56.1 Å². The van der Waals surface area contributed by atoms with Crippen LogP contribution in [0.15, 0.2) is 60.9 Å². The molecule has 0 amide bonds. The van der Waals surface area contributed by atoms with E-state index in [1.165, 1.54) is 5.56 Å². The fourth-order valence-corrected chi connectivity index (χ4v) is 5.13. The fourth-order valence-electron chi connectivity index (χ4n) is 5.13. The summed E-state index contributed by atoms with van der Waals surface area (Å²) in [4.78, 5) is 11.1. The Balaban J connectivity index is 1.75. The molecule has 182 valence electrons. The molecule has 0 bridgehead atoms. The van der Waals surface area contributed by atoms with E-state index in [4.69, 9.17) is 0 Å². The van der Waals surface area contributed by atoms with Crippen molar-refractivity contribution in [2.24, 2.45) is 5.41 Å². The summed E-state index contributed by atoms with van der Waals surface area (Å²) in [5.41, 5.74) is 1.70. The molecule has 1 fully saturated rings. The molecule has 0 radical (unpaired) electrons. The molecular formula is C30H35N3O2. The number of nitrogens with zero attached hydrogens (tertiary/aromatic N) is 3. The first kappa shape index (κ1) is 25.1. The van der Waals surface area contributed by atoms with E-state index in [0.717, 1.165) is 24.3 Å². The summed E-state index contributed by atoms with van der Waals surface area (Å²) in [6.45, 7) is 11.5. The molecule has 2 aromatic heterocycles. The van der Waals surface area contributed by atoms with Crippen LogP contribution in [-0.2, 0) is 11.2 Å². The Kier molecular flexibility index (Phi) is 6.59. The Morgan fingerprint density at radius 3 is 2.31 bits per heavy atom. The lowest BCUT2D eigenvalue weighted by atomic mass is 9.62. The number of benzene rings is 1. The van der Waals surface area contributed by atoms with Gasteiger partial charge in [0.1, 0.15) is 5.60 Å². The summed E-state index contributed by atoms with van der Waals surface area (Å²) in [5.74, 6) is 6.42. The highest BCUT2D eigenvalue weighted by atomic mass is 16.3. The summed E-state index contributed by atoms with van der Waals surface area (Å²) in [6.07, 6.45) is 3.39. The zero-order valence-electron chi connectivity index (χ0n) is 21.5. The van der Waals surface area contributed by atoms with E-state index in [1.807, 2.05) is 37.3 Å². The van der Waals surface area contributed by atoms with Crippen LogP contribution in [0.3, 0.4) is 0 Å². The van der Waals surface area contributed by atoms with Crippen molar-refractivity contribution in [3.05, 3.63) is 94.6 Å². The molecule has 2 atom stereocenters. The lowest BCUT2D eigenvalue weighted by Crippen LogP contribution is -2.63. The normalized spacial score (nSPS) is 18.7. The highest BCUT2D eigenvalue weighted by Gasteiger charge is 2.55. The number of aliphatic hydroxyl groups is 2. The van der Waals surface area contributed by atoms with Crippen molar-refractivity contribution in [2.45, 2.75) is 51.7 Å². The van der Waals surface area contributed by atoms with E-state index in [2.05, 4.69) is 66.7 Å². The quantitative estimate of drug-likeness (QED) is 0.544. The molecule has 1 aliphatic heterocycles. The lowest BCUT2D eigenvalue weighted by Gasteiger charge is -2.55. The monoisotopic (exact) mass is 469 g/mol. The number of hydrogen-bond acceptors (Lipinski definition) is 5. The number of hydrogen-bond donors (Lipinski definition) is 2. The van der Waals surface area contributed by atoms with Crippen LogP contribution < -0.4 is 0 Å². The minimum Gasteiger partial charge on any atom is -0.380 e. The summed E-state index contributed by atoms with van der Waals surface area (Å²) >= 11 is 0. The van der Waals surface area contributed by atoms with Crippen molar-refractivity contribution in [1.29, 1.82) is 0 Å². The van der Waals surface area contributed by atoms with Crippen molar-refractivity contribution in [2.75, 3.05) is 20.1 Å². The molecule has 1 aliphatic rings. The molecule has 3 aromatic rings. The van der Waals surface area contributed by atoms with Gasteiger partial charge in [0.25, 0.3) is 0 Å². The number of rotatable bonds is 5. The van der Waals surface area contributed by atoms with Gasteiger partial charge in [-0.3, -0.25) is 9.97 Å². The van der Waals surface area contributed by atoms with Gasteiger partial charge in [-0.15, -0.1) is 0 Å². The van der Waals surface area contributed by atoms with E-state index in [9.17, 15) is 10.2 Å². The van der Waals surface area contributed by atoms with Crippen LogP contribution in [0.5, 0.6) is 0 Å². The number of likely N-dealkylation sites (tertiary alicyclic amines) is 1. The molecule has 5 nitrogen and oxygen atoms in total. The average molecular weight is 470 g/mol. The molecule has 1 aromatic carbocycles. The third kappa shape index (κ3) is 4.75. The first-order valence-electron chi connectivity index (χ1n) is 12.1. The first-order chi connectivity index (χ1) is 16.4. The molecule has 0 aliphatic carbocycles. The Bertz CT molecular complexity index is 1260. The molecule has 3 heterocycles. The van der Waals surface area contributed by atoms with Crippen LogP contribution in [0.1, 0.15) is 67.3 Å². The fraction of sp³-hybridized carbons (Fsp3) is 0.400. The van der Waals surface area contributed by atoms with E-state index >= 15 is 0 Å². The Morgan fingerprint density at radius 1 is 1.03 bits per heavy atom. The molecule has 2 N–H and O–H groups in total. The standard InChI is InChI=1S/C30H35N3O2/c1-21(2)24-10-12-25(13-11-24)30(35,28(4)19-33(6)20-28)26-16-23(17-31-18-26)14-15-29(5,34)27-9-7-8-22(3)32-27/h7-13,16-18,21,34-35H,19-20H2,1-6H3/t29?,30-/m0/s1. The summed E-state index contributed by atoms with van der Waals surface area (Å²) in [6, 6.07) is 15.7. The van der Waals surface area contributed by atoms with Gasteiger partial charge in [0.15, 0.2) is 5.60 Å². The van der Waals surface area contributed by atoms with Gasteiger partial charge in [0, 0.05) is 47.7 Å². The molecule has 1 unspecified atom stereocenters. The van der Waals surface area contributed by atoms with Crippen molar-refractivity contribution in [3.63, 3.8) is 0 Å². The summed E-state index contributed by atoms with van der Waals surface area (Å²) in [7, 11) is 2.06. The van der Waals surface area contributed by atoms with Gasteiger partial charge in [-0.1, -0.05) is 62.9 Å². The van der Waals surface area contributed by atoms with Gasteiger partial charge in [0.05, 0.1) is 5.69 Å². The van der Waals surface area contributed by atoms with Gasteiger partial charge >= 0.3 is 0 Å². The predicted molar refractivity (Wildman–Crippen MR) is 139 cm³/mol. The lowest BCUT2D eigenvalue weighted by molar-refractivity contribution is -0.127. The zero-order valence-corrected chi connectivity index (χ0v) is 21.5. The first-order valence-corrected chi connectivity index (χ1v) is 12.1. The number of aryl methyl sites for hydroxylation is 1. The summed E-state index contributed by atoms with van der Waals surface area (Å²) < 4.78 is 0. The van der Waals surface area contributed by atoms with E-state index in [-0.39, 0.29) is 5.41 Å². The highest BCUT2D eigenvalue weighted by Crippen LogP contribution is 2.50. The van der Waals surface area contributed by atoms with Gasteiger partial charge in [-0.2, -0.15) is 0 Å². The maximum Gasteiger partial charge on any atom is 0.165 e. The number of pyridine rings is 2. The third-order valence-electron chi connectivity index (χ3n) is 7.10. The predicted octanol–water partition coefficient (Wildman–Crippen LogP) is 4.36. The Labute approximate surface area is 208 Å². The second-order valence-corrected chi connectivity index (χ2v) is 10.7. The minimum atomic E-state index is -1.41. The van der Waals surface area contributed by atoms with E-state index in [0.29, 0.717) is 22.7 Å². The van der Waals surface area contributed by atoms with Gasteiger partial charge in [0.2, 0.25) is 0 Å². The Morgan fingerprint density at radius 2 is 1.71 bits per heavy atom. The van der Waals surface area contributed by atoms with E-state index < -0.39 is 11.2 Å². The average Bonchev–Trinajstić information content (AvgIpc) is 2.81. The molecule has 4 rings (SSSR count). The molecule has 1 saturated heterocycles. The third-order valence-corrected chi connectivity index (χ3v) is 7.10. The largest absolute Gasteiger partial charge is 0.380 e.